The van der Waals surface area contributed by atoms with Gasteiger partial charge in [-0.25, -0.2) is 0 Å². The summed E-state index contributed by atoms with van der Waals surface area (Å²) in [5.41, 5.74) is 0. The maximum atomic E-state index is 8.67. The van der Waals surface area contributed by atoms with Crippen LogP contribution in [0.4, 0.5) is 0 Å². The van der Waals surface area contributed by atoms with E-state index < -0.39 is 0 Å². The lowest BCUT2D eigenvalue weighted by Crippen LogP contribution is -1.79. The van der Waals surface area contributed by atoms with Crippen LogP contribution in [0.3, 0.4) is 0 Å². The van der Waals surface area contributed by atoms with Gasteiger partial charge in [-0.2, -0.15) is 12.6 Å². The van der Waals surface area contributed by atoms with Crippen LogP contribution in [0.25, 0.3) is 0 Å². The van der Waals surface area contributed by atoms with Gasteiger partial charge in [0.2, 0.25) is 0 Å². The number of hydrogen-bond donors (Lipinski definition) is 2. The minimum atomic E-state index is 0.426. The number of aliphatic hydroxyl groups is 1. The molecule has 0 unspecified atom stereocenters. The topological polar surface area (TPSA) is 20.2 Å². The van der Waals surface area contributed by atoms with Crippen molar-refractivity contribution in [3.63, 3.8) is 0 Å². The lowest BCUT2D eigenvalue weighted by molar-refractivity contribution is 0.395. The van der Waals surface area contributed by atoms with E-state index >= 15 is 0 Å². The van der Waals surface area contributed by atoms with Crippen molar-refractivity contribution in [3.8, 4) is 0 Å². The van der Waals surface area contributed by atoms with E-state index in [1.807, 2.05) is 0 Å². The minimum absolute atomic E-state index is 0.426. The summed E-state index contributed by atoms with van der Waals surface area (Å²) in [5.74, 6) is 1.14. The lowest BCUT2D eigenvalue weighted by atomic mass is 10.4. The van der Waals surface area contributed by atoms with E-state index in [2.05, 4.69) is 12.6 Å². The van der Waals surface area contributed by atoms with Gasteiger partial charge in [-0.05, 0) is 18.8 Å². The monoisotopic (exact) mass is 118 g/mol. The van der Waals surface area contributed by atoms with E-state index in [0.29, 0.717) is 12.2 Å². The second-order valence-corrected chi connectivity index (χ2v) is 1.70. The van der Waals surface area contributed by atoms with Crippen molar-refractivity contribution >= 4 is 12.6 Å². The van der Waals surface area contributed by atoms with Crippen LogP contribution in [-0.2, 0) is 0 Å². The Bertz CT molecular complexity index is 68.5. The molecule has 0 aliphatic heterocycles. The van der Waals surface area contributed by atoms with Crippen LogP contribution < -0.4 is 0 Å². The second kappa shape index (κ2) is 4.06. The molecule has 0 amide bonds. The van der Waals surface area contributed by atoms with Gasteiger partial charge < -0.3 is 5.11 Å². The lowest BCUT2D eigenvalue weighted by Gasteiger charge is -1.89. The van der Waals surface area contributed by atoms with Crippen LogP contribution in [0.5, 0.6) is 0 Å². The summed E-state index contributed by atoms with van der Waals surface area (Å²) >= 11 is 3.91. The molecular formula is C5H10OS. The molecule has 0 saturated carbocycles. The van der Waals surface area contributed by atoms with E-state index in [9.17, 15) is 0 Å². The van der Waals surface area contributed by atoms with Gasteiger partial charge in [0.05, 0.1) is 5.76 Å². The van der Waals surface area contributed by atoms with Gasteiger partial charge in [0, 0.05) is 6.42 Å². The zero-order chi connectivity index (χ0) is 5.70. The summed E-state index contributed by atoms with van der Waals surface area (Å²) in [6.07, 6.45) is 2.36. The van der Waals surface area contributed by atoms with Crippen LogP contribution in [-0.4, -0.2) is 10.9 Å². The minimum Gasteiger partial charge on any atom is -0.513 e. The Morgan fingerprint density at radius 2 is 2.43 bits per heavy atom. The zero-order valence-corrected chi connectivity index (χ0v) is 5.28. The molecule has 0 aromatic carbocycles. The van der Waals surface area contributed by atoms with Crippen molar-refractivity contribution in [1.29, 1.82) is 0 Å². The zero-order valence-electron chi connectivity index (χ0n) is 4.39. The Labute approximate surface area is 49.5 Å². The fourth-order valence-corrected chi connectivity index (χ4v) is 0.488. The van der Waals surface area contributed by atoms with Crippen molar-refractivity contribution in [2.45, 2.75) is 13.3 Å². The summed E-state index contributed by atoms with van der Waals surface area (Å²) < 4.78 is 0. The Balaban J connectivity index is 3.17. The summed E-state index contributed by atoms with van der Waals surface area (Å²) in [4.78, 5) is 0. The smallest absolute Gasteiger partial charge is 0.0888 e. The van der Waals surface area contributed by atoms with Crippen LogP contribution in [0.15, 0.2) is 11.8 Å². The highest BCUT2D eigenvalue weighted by atomic mass is 32.1. The molecule has 0 saturated heterocycles. The predicted molar refractivity (Wildman–Crippen MR) is 34.9 cm³/mol. The summed E-state index contributed by atoms with van der Waals surface area (Å²) in [7, 11) is 0. The number of allylic oxidation sites excluding steroid dienone is 2. The van der Waals surface area contributed by atoms with Gasteiger partial charge in [0.15, 0.2) is 0 Å². The molecule has 0 aromatic heterocycles. The van der Waals surface area contributed by atoms with Gasteiger partial charge in [0.25, 0.3) is 0 Å². The van der Waals surface area contributed by atoms with Crippen molar-refractivity contribution in [2.24, 2.45) is 0 Å². The molecule has 0 spiro atoms. The van der Waals surface area contributed by atoms with Crippen LogP contribution in [0.1, 0.15) is 13.3 Å². The van der Waals surface area contributed by atoms with Gasteiger partial charge in [-0.15, -0.1) is 0 Å². The fraction of sp³-hybridized carbons (Fsp3) is 0.600. The van der Waals surface area contributed by atoms with E-state index in [4.69, 9.17) is 5.11 Å². The Hall–Kier alpha value is -0.110. The number of aliphatic hydroxyl groups excluding tert-OH is 1. The largest absolute Gasteiger partial charge is 0.513 e. The Kier molecular flexibility index (Phi) is 4.00. The maximum Gasteiger partial charge on any atom is 0.0888 e. The molecule has 0 aliphatic rings. The average Bonchev–Trinajstić information content (AvgIpc) is 1.68. The van der Waals surface area contributed by atoms with Crippen molar-refractivity contribution in [2.75, 3.05) is 5.75 Å². The standard InChI is InChI=1S/C5H10OS/c1-2-5(6)3-4-7/h2,6-7H,3-4H2,1H3. The molecule has 0 radical (unpaired) electrons. The van der Waals surface area contributed by atoms with Gasteiger partial charge in [-0.3, -0.25) is 0 Å². The number of hydrogen-bond acceptors (Lipinski definition) is 2. The normalized spacial score (nSPS) is 12.0. The third-order valence-electron chi connectivity index (χ3n) is 0.701. The first-order chi connectivity index (χ1) is 3.31. The third-order valence-corrected chi connectivity index (χ3v) is 0.925. The van der Waals surface area contributed by atoms with Gasteiger partial charge >= 0.3 is 0 Å². The molecule has 1 N–H and O–H groups in total. The van der Waals surface area contributed by atoms with Crippen LogP contribution in [0, 0.1) is 0 Å². The Morgan fingerprint density at radius 1 is 1.86 bits per heavy atom. The molecule has 0 aliphatic carbocycles. The van der Waals surface area contributed by atoms with Crippen molar-refractivity contribution in [1.82, 2.24) is 0 Å². The van der Waals surface area contributed by atoms with E-state index in [0.717, 1.165) is 5.75 Å². The van der Waals surface area contributed by atoms with Crippen molar-refractivity contribution in [3.05, 3.63) is 11.8 Å². The van der Waals surface area contributed by atoms with Crippen molar-refractivity contribution < 1.29 is 5.11 Å². The molecular weight excluding hydrogens is 108 g/mol. The molecule has 0 rings (SSSR count). The highest BCUT2D eigenvalue weighted by Gasteiger charge is 1.83. The van der Waals surface area contributed by atoms with E-state index in [1.54, 1.807) is 13.0 Å². The summed E-state index contributed by atoms with van der Waals surface area (Å²) in [6, 6.07) is 0. The predicted octanol–water partition coefficient (Wildman–Crippen LogP) is 1.77. The van der Waals surface area contributed by atoms with Gasteiger partial charge in [0.1, 0.15) is 0 Å². The molecule has 7 heavy (non-hydrogen) atoms. The molecule has 0 bridgehead atoms. The first-order valence-corrected chi connectivity index (χ1v) is 2.89. The highest BCUT2D eigenvalue weighted by Crippen LogP contribution is 1.95. The van der Waals surface area contributed by atoms with Crippen LogP contribution in [0.2, 0.25) is 0 Å². The maximum absolute atomic E-state index is 8.67. The van der Waals surface area contributed by atoms with E-state index in [1.165, 1.54) is 0 Å². The molecule has 42 valence electrons. The molecule has 0 aromatic rings. The third kappa shape index (κ3) is 3.73. The summed E-state index contributed by atoms with van der Waals surface area (Å²) in [6.45, 7) is 1.80. The second-order valence-electron chi connectivity index (χ2n) is 1.25. The number of rotatable bonds is 2. The number of thiol groups is 1. The first kappa shape index (κ1) is 6.89. The summed E-state index contributed by atoms with van der Waals surface area (Å²) in [5, 5.41) is 8.67. The quantitative estimate of drug-likeness (QED) is 0.418. The average molecular weight is 118 g/mol. The molecule has 0 atom stereocenters. The van der Waals surface area contributed by atoms with Crippen LogP contribution >= 0.6 is 12.6 Å². The van der Waals surface area contributed by atoms with Gasteiger partial charge in [-0.1, -0.05) is 0 Å². The fourth-order valence-electron chi connectivity index (χ4n) is 0.259. The highest BCUT2D eigenvalue weighted by molar-refractivity contribution is 7.80. The molecule has 0 fully saturated rings. The van der Waals surface area contributed by atoms with E-state index in [-0.39, 0.29) is 0 Å². The molecule has 0 heterocycles. The molecule has 2 heteroatoms. The SMILES string of the molecule is CC=C(O)CCS. The molecule has 1 nitrogen and oxygen atoms in total. The first-order valence-electron chi connectivity index (χ1n) is 2.26. The Morgan fingerprint density at radius 3 is 2.57 bits per heavy atom.